The van der Waals surface area contributed by atoms with E-state index in [1.807, 2.05) is 24.3 Å². The molecule has 0 heterocycles. The molecule has 0 unspecified atom stereocenters. The molecule has 14 heavy (non-hydrogen) atoms. The van der Waals surface area contributed by atoms with Gasteiger partial charge in [0.1, 0.15) is 0 Å². The third kappa shape index (κ3) is 2.89. The molecule has 2 atom stereocenters. The van der Waals surface area contributed by atoms with Gasteiger partial charge in [-0.2, -0.15) is 11.8 Å². The third-order valence-electron chi connectivity index (χ3n) is 2.29. The van der Waals surface area contributed by atoms with E-state index >= 15 is 0 Å². The minimum absolute atomic E-state index is 0.101. The van der Waals surface area contributed by atoms with Gasteiger partial charge in [0.05, 0.1) is 0 Å². The number of rotatable bonds is 5. The van der Waals surface area contributed by atoms with Gasteiger partial charge in [0.2, 0.25) is 0 Å². The highest BCUT2D eigenvalue weighted by Crippen LogP contribution is 2.25. The summed E-state index contributed by atoms with van der Waals surface area (Å²) in [4.78, 5) is 0. The molecule has 1 aromatic carbocycles. The zero-order valence-corrected chi connectivity index (χ0v) is 9.34. The van der Waals surface area contributed by atoms with Gasteiger partial charge in [0.25, 0.3) is 0 Å². The Kier molecular flexibility index (Phi) is 4.77. The summed E-state index contributed by atoms with van der Waals surface area (Å²) in [6, 6.07) is 10.3. The van der Waals surface area contributed by atoms with Crippen LogP contribution < -0.4 is 5.73 Å². The molecule has 0 bridgehead atoms. The first-order chi connectivity index (χ1) is 6.79. The lowest BCUT2D eigenvalue weighted by molar-refractivity contribution is 0.680. The van der Waals surface area contributed by atoms with Crippen LogP contribution in [0, 0.1) is 0 Å². The van der Waals surface area contributed by atoms with Gasteiger partial charge in [-0.15, -0.1) is 6.58 Å². The van der Waals surface area contributed by atoms with Crippen molar-refractivity contribution in [2.24, 2.45) is 5.73 Å². The van der Waals surface area contributed by atoms with Gasteiger partial charge in [-0.3, -0.25) is 0 Å². The topological polar surface area (TPSA) is 26.0 Å². The Morgan fingerprint density at radius 2 is 2.07 bits per heavy atom. The second-order valence-corrected chi connectivity index (χ2v) is 4.31. The maximum Gasteiger partial charge on any atom is 0.0418 e. The largest absolute Gasteiger partial charge is 0.323 e. The highest BCUT2D eigenvalue weighted by atomic mass is 32.2. The molecule has 0 spiro atoms. The van der Waals surface area contributed by atoms with Gasteiger partial charge in [-0.1, -0.05) is 36.4 Å². The second-order valence-electron chi connectivity index (χ2n) is 3.23. The van der Waals surface area contributed by atoms with E-state index in [0.29, 0.717) is 5.25 Å². The molecular formula is C12H17NS. The van der Waals surface area contributed by atoms with Crippen LogP contribution in [-0.2, 0) is 0 Å². The van der Waals surface area contributed by atoms with Crippen molar-refractivity contribution in [3.8, 4) is 0 Å². The molecule has 1 rings (SSSR count). The van der Waals surface area contributed by atoms with Crippen LogP contribution in [0.1, 0.15) is 18.0 Å². The third-order valence-corrected chi connectivity index (χ3v) is 3.38. The van der Waals surface area contributed by atoms with Gasteiger partial charge >= 0.3 is 0 Å². The fourth-order valence-electron chi connectivity index (χ4n) is 1.44. The van der Waals surface area contributed by atoms with Crippen molar-refractivity contribution < 1.29 is 0 Å². The summed E-state index contributed by atoms with van der Waals surface area (Å²) < 4.78 is 0. The maximum atomic E-state index is 6.17. The second kappa shape index (κ2) is 5.89. The molecule has 0 saturated heterocycles. The molecule has 0 aliphatic heterocycles. The zero-order valence-electron chi connectivity index (χ0n) is 8.52. The number of allylic oxidation sites excluding steroid dienone is 1. The first-order valence-electron chi connectivity index (χ1n) is 4.73. The average Bonchev–Trinajstić information content (AvgIpc) is 2.26. The lowest BCUT2D eigenvalue weighted by Gasteiger charge is -2.20. The highest BCUT2D eigenvalue weighted by Gasteiger charge is 2.16. The van der Waals surface area contributed by atoms with Crippen LogP contribution in [0.25, 0.3) is 0 Å². The maximum absolute atomic E-state index is 6.17. The normalized spacial score (nSPS) is 14.7. The van der Waals surface area contributed by atoms with Gasteiger partial charge in [-0.25, -0.2) is 0 Å². The van der Waals surface area contributed by atoms with Crippen LogP contribution in [0.4, 0.5) is 0 Å². The lowest BCUT2D eigenvalue weighted by Crippen LogP contribution is -2.22. The molecule has 2 heteroatoms. The van der Waals surface area contributed by atoms with Gasteiger partial charge in [-0.05, 0) is 18.2 Å². The zero-order chi connectivity index (χ0) is 10.4. The summed E-state index contributed by atoms with van der Waals surface area (Å²) in [5.74, 6) is 0. The Hall–Kier alpha value is -0.730. The predicted octanol–water partition coefficient (Wildman–Crippen LogP) is 2.99. The Labute approximate surface area is 90.4 Å². The number of nitrogens with two attached hydrogens (primary N) is 1. The van der Waals surface area contributed by atoms with Crippen molar-refractivity contribution >= 4 is 11.8 Å². The van der Waals surface area contributed by atoms with Crippen molar-refractivity contribution in [2.75, 3.05) is 6.26 Å². The van der Waals surface area contributed by atoms with E-state index in [0.717, 1.165) is 6.42 Å². The van der Waals surface area contributed by atoms with Crippen molar-refractivity contribution in [3.05, 3.63) is 48.6 Å². The van der Waals surface area contributed by atoms with Crippen molar-refractivity contribution in [1.82, 2.24) is 0 Å². The van der Waals surface area contributed by atoms with Crippen molar-refractivity contribution in [1.29, 1.82) is 0 Å². The summed E-state index contributed by atoms with van der Waals surface area (Å²) in [6.45, 7) is 3.76. The average molecular weight is 207 g/mol. The summed E-state index contributed by atoms with van der Waals surface area (Å²) in [7, 11) is 0. The van der Waals surface area contributed by atoms with Crippen LogP contribution in [0.3, 0.4) is 0 Å². The molecule has 0 amide bonds. The molecule has 0 saturated carbocycles. The predicted molar refractivity (Wildman–Crippen MR) is 65.5 cm³/mol. The van der Waals surface area contributed by atoms with E-state index in [2.05, 4.69) is 25.0 Å². The van der Waals surface area contributed by atoms with E-state index < -0.39 is 0 Å². The molecule has 1 aromatic rings. The summed E-state index contributed by atoms with van der Waals surface area (Å²) >= 11 is 1.80. The Morgan fingerprint density at radius 1 is 1.43 bits per heavy atom. The fraction of sp³-hybridized carbons (Fsp3) is 0.333. The summed E-state index contributed by atoms with van der Waals surface area (Å²) in [6.07, 6.45) is 4.98. The first-order valence-corrected chi connectivity index (χ1v) is 6.02. The van der Waals surface area contributed by atoms with Crippen molar-refractivity contribution in [3.63, 3.8) is 0 Å². The Balaban J connectivity index is 2.72. The van der Waals surface area contributed by atoms with Gasteiger partial charge in [0.15, 0.2) is 0 Å². The van der Waals surface area contributed by atoms with E-state index in [1.165, 1.54) is 5.56 Å². The van der Waals surface area contributed by atoms with Gasteiger partial charge < -0.3 is 5.73 Å². The molecule has 0 aliphatic rings. The smallest absolute Gasteiger partial charge is 0.0418 e. The monoisotopic (exact) mass is 207 g/mol. The van der Waals surface area contributed by atoms with Crippen LogP contribution in [0.15, 0.2) is 43.0 Å². The van der Waals surface area contributed by atoms with E-state index in [4.69, 9.17) is 5.73 Å². The van der Waals surface area contributed by atoms with Crippen molar-refractivity contribution in [2.45, 2.75) is 17.7 Å². The van der Waals surface area contributed by atoms with Crippen LogP contribution in [0.5, 0.6) is 0 Å². The van der Waals surface area contributed by atoms with Crippen LogP contribution in [0.2, 0.25) is 0 Å². The molecule has 2 N–H and O–H groups in total. The molecular weight excluding hydrogens is 190 g/mol. The number of thioether (sulfide) groups is 1. The highest BCUT2D eigenvalue weighted by molar-refractivity contribution is 7.99. The molecule has 1 nitrogen and oxygen atoms in total. The van der Waals surface area contributed by atoms with E-state index in [-0.39, 0.29) is 6.04 Å². The Bertz CT molecular complexity index is 271. The molecule has 0 aliphatic carbocycles. The standard InChI is InChI=1S/C12H17NS/c1-3-7-11(14-2)12(13)10-8-5-4-6-9-10/h3-6,8-9,11-12H,1,7,13H2,2H3/t11-,12-/m1/s1. The molecule has 0 radical (unpaired) electrons. The summed E-state index contributed by atoms with van der Waals surface area (Å²) in [5, 5.41) is 0.426. The lowest BCUT2D eigenvalue weighted by atomic mass is 10.0. The number of hydrogen-bond donors (Lipinski definition) is 1. The van der Waals surface area contributed by atoms with Crippen LogP contribution in [-0.4, -0.2) is 11.5 Å². The quantitative estimate of drug-likeness (QED) is 0.751. The number of benzene rings is 1. The van der Waals surface area contributed by atoms with E-state index in [9.17, 15) is 0 Å². The summed E-state index contributed by atoms with van der Waals surface area (Å²) in [5.41, 5.74) is 7.37. The van der Waals surface area contributed by atoms with Crippen LogP contribution >= 0.6 is 11.8 Å². The van der Waals surface area contributed by atoms with E-state index in [1.54, 1.807) is 11.8 Å². The van der Waals surface area contributed by atoms with Gasteiger partial charge in [0, 0.05) is 11.3 Å². The SMILES string of the molecule is C=CC[C@@H](SC)[C@H](N)c1ccccc1. The fourth-order valence-corrected chi connectivity index (χ4v) is 2.22. The molecule has 0 aromatic heterocycles. The minimum atomic E-state index is 0.101. The minimum Gasteiger partial charge on any atom is -0.323 e. The molecule has 0 fully saturated rings. The molecule has 76 valence electrons. The number of hydrogen-bond acceptors (Lipinski definition) is 2. The Morgan fingerprint density at radius 3 is 2.57 bits per heavy atom. The first kappa shape index (κ1) is 11.3.